The minimum Gasteiger partial charge on any atom is -0.443 e. The number of hydrogen-bond acceptors (Lipinski definition) is 5. The number of piperidine rings is 1. The van der Waals surface area contributed by atoms with E-state index in [9.17, 15) is 9.59 Å². The van der Waals surface area contributed by atoms with Gasteiger partial charge < -0.3 is 14.6 Å². The second-order valence-electron chi connectivity index (χ2n) is 9.90. The maximum absolute atomic E-state index is 13.2. The van der Waals surface area contributed by atoms with Gasteiger partial charge in [-0.3, -0.25) is 14.7 Å². The quantitative estimate of drug-likeness (QED) is 0.604. The number of nitrogens with zero attached hydrogens (tertiary/aromatic N) is 4. The summed E-state index contributed by atoms with van der Waals surface area (Å²) in [5.74, 6) is 1.09. The number of nitrogens with one attached hydrogen (secondary N) is 1. The van der Waals surface area contributed by atoms with Gasteiger partial charge in [-0.2, -0.15) is 0 Å². The van der Waals surface area contributed by atoms with E-state index in [0.29, 0.717) is 24.7 Å². The minimum atomic E-state index is -0.649. The van der Waals surface area contributed by atoms with Crippen LogP contribution in [-0.2, 0) is 9.53 Å². The molecule has 8 heteroatoms. The number of ether oxygens (including phenoxy) is 1. The largest absolute Gasteiger partial charge is 0.443 e. The van der Waals surface area contributed by atoms with Crippen LogP contribution >= 0.6 is 0 Å². The van der Waals surface area contributed by atoms with Crippen molar-refractivity contribution >= 4 is 28.7 Å². The number of para-hydroxylation sites is 1. The van der Waals surface area contributed by atoms with Crippen molar-refractivity contribution in [2.75, 3.05) is 24.5 Å². The molecule has 1 aromatic carbocycles. The van der Waals surface area contributed by atoms with Crippen LogP contribution in [0.4, 0.5) is 10.5 Å². The third kappa shape index (κ3) is 5.21. The summed E-state index contributed by atoms with van der Waals surface area (Å²) >= 11 is 0. The molecule has 0 spiro atoms. The number of imidazole rings is 1. The van der Waals surface area contributed by atoms with Crippen molar-refractivity contribution in [1.29, 1.82) is 0 Å². The van der Waals surface area contributed by atoms with Gasteiger partial charge in [-0.15, -0.1) is 0 Å². The monoisotopic (exact) mass is 463 g/mol. The van der Waals surface area contributed by atoms with E-state index in [2.05, 4.69) is 15.0 Å². The Labute approximate surface area is 200 Å². The highest BCUT2D eigenvalue weighted by Crippen LogP contribution is 2.32. The zero-order chi connectivity index (χ0) is 24.5. The number of benzene rings is 1. The summed E-state index contributed by atoms with van der Waals surface area (Å²) in [5, 5.41) is 0. The van der Waals surface area contributed by atoms with Crippen LogP contribution in [-0.4, -0.2) is 57.1 Å². The number of likely N-dealkylation sites (tertiary alicyclic amines) is 1. The second-order valence-corrected chi connectivity index (χ2v) is 9.90. The smallest absolute Gasteiger partial charge is 0.415 e. The van der Waals surface area contributed by atoms with Crippen molar-refractivity contribution in [2.24, 2.45) is 0 Å². The van der Waals surface area contributed by atoms with Crippen LogP contribution in [0.5, 0.6) is 0 Å². The molecule has 0 unspecified atom stereocenters. The van der Waals surface area contributed by atoms with Crippen LogP contribution < -0.4 is 4.90 Å². The van der Waals surface area contributed by atoms with Gasteiger partial charge in [0.05, 0.1) is 11.2 Å². The van der Waals surface area contributed by atoms with Gasteiger partial charge in [-0.1, -0.05) is 18.2 Å². The summed E-state index contributed by atoms with van der Waals surface area (Å²) in [4.78, 5) is 41.9. The van der Waals surface area contributed by atoms with Gasteiger partial charge in [0.15, 0.2) is 0 Å². The molecule has 1 aliphatic heterocycles. The van der Waals surface area contributed by atoms with E-state index >= 15 is 0 Å². The Bertz CT molecular complexity index is 1170. The predicted octanol–water partition coefficient (Wildman–Crippen LogP) is 4.72. The molecule has 0 aliphatic carbocycles. The highest BCUT2D eigenvalue weighted by Gasteiger charge is 2.30. The van der Waals surface area contributed by atoms with Gasteiger partial charge in [-0.05, 0) is 71.1 Å². The summed E-state index contributed by atoms with van der Waals surface area (Å²) in [7, 11) is 0. The molecular weight excluding hydrogens is 430 g/mol. The Hall–Kier alpha value is -3.42. The average molecular weight is 464 g/mol. The van der Waals surface area contributed by atoms with Crippen molar-refractivity contribution < 1.29 is 14.3 Å². The molecule has 0 radical (unpaired) electrons. The first-order chi connectivity index (χ1) is 16.1. The number of carbonyl (C=O) groups is 2. The summed E-state index contributed by atoms with van der Waals surface area (Å²) in [5.41, 5.74) is 4.04. The topological polar surface area (TPSA) is 91.4 Å². The number of aryl methyl sites for hydroxylation is 2. The first-order valence-electron chi connectivity index (χ1n) is 11.8. The van der Waals surface area contributed by atoms with Gasteiger partial charge >= 0.3 is 6.09 Å². The van der Waals surface area contributed by atoms with Gasteiger partial charge in [0, 0.05) is 25.0 Å². The predicted molar refractivity (Wildman–Crippen MR) is 132 cm³/mol. The number of anilines is 1. The molecule has 1 saturated heterocycles. The molecule has 34 heavy (non-hydrogen) atoms. The van der Waals surface area contributed by atoms with Crippen molar-refractivity contribution in [1.82, 2.24) is 19.9 Å². The summed E-state index contributed by atoms with van der Waals surface area (Å²) in [6, 6.07) is 9.19. The van der Waals surface area contributed by atoms with Crippen LogP contribution in [0.15, 0.2) is 36.5 Å². The summed E-state index contributed by atoms with van der Waals surface area (Å²) in [6.07, 6.45) is 3.09. The maximum atomic E-state index is 13.2. The van der Waals surface area contributed by atoms with Gasteiger partial charge in [0.1, 0.15) is 23.5 Å². The fourth-order valence-electron chi connectivity index (χ4n) is 4.43. The van der Waals surface area contributed by atoms with Crippen molar-refractivity contribution in [2.45, 2.75) is 59.0 Å². The number of H-pyrrole nitrogens is 1. The summed E-state index contributed by atoms with van der Waals surface area (Å²) in [6.45, 7) is 10.6. The Morgan fingerprint density at radius 2 is 1.82 bits per heavy atom. The van der Waals surface area contributed by atoms with Gasteiger partial charge in [0.2, 0.25) is 5.91 Å². The Kier molecular flexibility index (Phi) is 6.59. The van der Waals surface area contributed by atoms with E-state index < -0.39 is 11.7 Å². The van der Waals surface area contributed by atoms with Crippen LogP contribution in [0.1, 0.15) is 56.6 Å². The number of aromatic amines is 1. The third-order valence-electron chi connectivity index (χ3n) is 6.11. The molecule has 2 amide bonds. The Morgan fingerprint density at radius 3 is 2.47 bits per heavy atom. The third-order valence-corrected chi connectivity index (χ3v) is 6.11. The number of pyridine rings is 1. The first kappa shape index (κ1) is 23.7. The van der Waals surface area contributed by atoms with E-state index in [4.69, 9.17) is 4.74 Å². The molecule has 2 aromatic heterocycles. The van der Waals surface area contributed by atoms with Crippen molar-refractivity contribution in [3.63, 3.8) is 0 Å². The maximum Gasteiger partial charge on any atom is 0.415 e. The number of amides is 2. The number of hydrogen-bond donors (Lipinski definition) is 1. The van der Waals surface area contributed by atoms with Crippen LogP contribution in [0, 0.1) is 13.8 Å². The average Bonchev–Trinajstić information content (AvgIpc) is 3.19. The van der Waals surface area contributed by atoms with E-state index in [1.54, 1.807) is 0 Å². The zero-order valence-corrected chi connectivity index (χ0v) is 20.6. The molecule has 1 N–H and O–H groups in total. The Balaban J connectivity index is 1.45. The van der Waals surface area contributed by atoms with Crippen molar-refractivity contribution in [3.05, 3.63) is 53.6 Å². The highest BCUT2D eigenvalue weighted by molar-refractivity contribution is 5.95. The normalized spacial score (nSPS) is 14.9. The van der Waals surface area contributed by atoms with Crippen molar-refractivity contribution in [3.8, 4) is 0 Å². The van der Waals surface area contributed by atoms with Crippen LogP contribution in [0.25, 0.3) is 11.0 Å². The molecule has 1 aliphatic rings. The molecular formula is C26H33N5O3. The molecule has 8 nitrogen and oxygen atoms in total. The standard InChI is InChI=1S/C26H33N5O3/c1-17-23-24(29-18(2)28-23)21(15-27-17)19-11-13-30(14-12-19)22(32)16-31(20-9-7-6-8-10-20)25(33)34-26(3,4)5/h6-10,15,19H,11-14,16H2,1-5H3,(H,28,29). The first-order valence-corrected chi connectivity index (χ1v) is 11.8. The number of rotatable bonds is 4. The van der Waals surface area contributed by atoms with Crippen LogP contribution in [0.3, 0.4) is 0 Å². The number of fused-ring (bicyclic) bond motifs is 1. The molecule has 0 atom stereocenters. The lowest BCUT2D eigenvalue weighted by molar-refractivity contribution is -0.130. The molecule has 180 valence electrons. The van der Waals surface area contributed by atoms with E-state index in [0.717, 1.165) is 41.0 Å². The SMILES string of the molecule is Cc1nc2c(C)ncc(C3CCN(C(=O)CN(C(=O)OC(C)(C)C)c4ccccc4)CC3)c2[nH]1. The van der Waals surface area contributed by atoms with Crippen LogP contribution in [0.2, 0.25) is 0 Å². The summed E-state index contributed by atoms with van der Waals surface area (Å²) < 4.78 is 5.57. The molecule has 4 rings (SSSR count). The van der Waals surface area contributed by atoms with Gasteiger partial charge in [0.25, 0.3) is 0 Å². The number of carbonyl (C=O) groups excluding carboxylic acids is 2. The van der Waals surface area contributed by atoms with Gasteiger partial charge in [-0.25, -0.2) is 9.78 Å². The van der Waals surface area contributed by atoms with E-state index in [-0.39, 0.29) is 12.5 Å². The molecule has 0 saturated carbocycles. The molecule has 3 aromatic rings. The second kappa shape index (κ2) is 9.44. The zero-order valence-electron chi connectivity index (χ0n) is 20.6. The Morgan fingerprint density at radius 1 is 1.15 bits per heavy atom. The lowest BCUT2D eigenvalue weighted by Gasteiger charge is -2.34. The molecule has 3 heterocycles. The molecule has 1 fully saturated rings. The minimum absolute atomic E-state index is 0.0559. The highest BCUT2D eigenvalue weighted by atomic mass is 16.6. The lowest BCUT2D eigenvalue weighted by atomic mass is 9.89. The lowest BCUT2D eigenvalue weighted by Crippen LogP contribution is -2.47. The van der Waals surface area contributed by atoms with E-state index in [1.165, 1.54) is 4.90 Å². The number of aromatic nitrogens is 3. The molecule has 0 bridgehead atoms. The fraction of sp³-hybridized carbons (Fsp3) is 0.462. The van der Waals surface area contributed by atoms with E-state index in [1.807, 2.05) is 76.0 Å². The fourth-order valence-corrected chi connectivity index (χ4v) is 4.43.